The maximum Gasteiger partial charge on any atom is 0.326 e. The van der Waals surface area contributed by atoms with Gasteiger partial charge in [0.15, 0.2) is 0 Å². The summed E-state index contributed by atoms with van der Waals surface area (Å²) in [5.74, 6) is -1.45. The standard InChI is InChI=1S/C10H12BrNO4S/c1-16-3-2-7(10(14)15)12-9(13)8-4-6(11)5-17-8/h4-5,7H,2-3H2,1H3,(H,12,13)(H,14,15). The highest BCUT2D eigenvalue weighted by atomic mass is 79.9. The van der Waals surface area contributed by atoms with E-state index in [0.29, 0.717) is 4.88 Å². The van der Waals surface area contributed by atoms with Gasteiger partial charge in [0.25, 0.3) is 5.91 Å². The van der Waals surface area contributed by atoms with Crippen LogP contribution in [0.5, 0.6) is 0 Å². The monoisotopic (exact) mass is 321 g/mol. The van der Waals surface area contributed by atoms with Gasteiger partial charge in [-0.15, -0.1) is 11.3 Å². The SMILES string of the molecule is COCCC(NC(=O)c1cc(Br)cs1)C(=O)O. The van der Waals surface area contributed by atoms with Crippen LogP contribution in [0.3, 0.4) is 0 Å². The summed E-state index contributed by atoms with van der Waals surface area (Å²) < 4.78 is 5.60. The number of thiophene rings is 1. The Morgan fingerprint density at radius 1 is 1.65 bits per heavy atom. The van der Waals surface area contributed by atoms with Gasteiger partial charge in [0.1, 0.15) is 6.04 Å². The minimum absolute atomic E-state index is 0.240. The topological polar surface area (TPSA) is 75.6 Å². The van der Waals surface area contributed by atoms with Crippen LogP contribution in [0.4, 0.5) is 0 Å². The van der Waals surface area contributed by atoms with E-state index in [1.807, 2.05) is 0 Å². The lowest BCUT2D eigenvalue weighted by Crippen LogP contribution is -2.41. The van der Waals surface area contributed by atoms with Gasteiger partial charge in [-0.3, -0.25) is 4.79 Å². The second-order valence-corrected chi connectivity index (χ2v) is 5.10. The van der Waals surface area contributed by atoms with Crippen LogP contribution in [-0.2, 0) is 9.53 Å². The molecular formula is C10H12BrNO4S. The summed E-state index contributed by atoms with van der Waals surface area (Å²) in [6.07, 6.45) is 0.240. The normalized spacial score (nSPS) is 12.1. The lowest BCUT2D eigenvalue weighted by Gasteiger charge is -2.13. The number of carbonyl (C=O) groups excluding carboxylic acids is 1. The third kappa shape index (κ3) is 4.45. The molecule has 1 rings (SSSR count). The molecule has 1 aromatic heterocycles. The van der Waals surface area contributed by atoms with Crippen molar-refractivity contribution < 1.29 is 19.4 Å². The van der Waals surface area contributed by atoms with Crippen LogP contribution < -0.4 is 5.32 Å². The van der Waals surface area contributed by atoms with Gasteiger partial charge in [-0.1, -0.05) is 0 Å². The van der Waals surface area contributed by atoms with Crippen molar-refractivity contribution in [2.45, 2.75) is 12.5 Å². The Balaban J connectivity index is 2.60. The van der Waals surface area contributed by atoms with E-state index in [4.69, 9.17) is 9.84 Å². The summed E-state index contributed by atoms with van der Waals surface area (Å²) in [5, 5.41) is 13.1. The Morgan fingerprint density at radius 2 is 2.35 bits per heavy atom. The smallest absolute Gasteiger partial charge is 0.326 e. The molecule has 0 bridgehead atoms. The number of hydrogen-bond donors (Lipinski definition) is 2. The number of amides is 1. The van der Waals surface area contributed by atoms with Crippen molar-refractivity contribution in [1.29, 1.82) is 0 Å². The first kappa shape index (κ1) is 14.1. The predicted molar refractivity (Wildman–Crippen MR) is 67.4 cm³/mol. The van der Waals surface area contributed by atoms with Crippen LogP contribution >= 0.6 is 27.3 Å². The number of aliphatic carboxylic acids is 1. The molecule has 2 N–H and O–H groups in total. The summed E-state index contributed by atoms with van der Waals surface area (Å²) in [6, 6.07) is 0.721. The van der Waals surface area contributed by atoms with Crippen LogP contribution in [0.1, 0.15) is 16.1 Å². The quantitative estimate of drug-likeness (QED) is 0.836. The lowest BCUT2D eigenvalue weighted by atomic mass is 10.2. The molecule has 0 saturated carbocycles. The number of ether oxygens (including phenoxy) is 1. The highest BCUT2D eigenvalue weighted by Crippen LogP contribution is 2.19. The van der Waals surface area contributed by atoms with Gasteiger partial charge in [-0.2, -0.15) is 0 Å². The van der Waals surface area contributed by atoms with Crippen molar-refractivity contribution in [3.05, 3.63) is 20.8 Å². The molecule has 0 aliphatic heterocycles. The summed E-state index contributed by atoms with van der Waals surface area (Å²) in [7, 11) is 1.48. The molecule has 1 atom stereocenters. The molecule has 0 aromatic carbocycles. The Kier molecular flexibility index (Phi) is 5.60. The van der Waals surface area contributed by atoms with E-state index in [1.165, 1.54) is 18.4 Å². The fourth-order valence-electron chi connectivity index (χ4n) is 1.15. The fourth-order valence-corrected chi connectivity index (χ4v) is 2.48. The summed E-state index contributed by atoms with van der Waals surface area (Å²) >= 11 is 4.48. The second kappa shape index (κ2) is 6.73. The molecule has 1 heterocycles. The lowest BCUT2D eigenvalue weighted by molar-refractivity contribution is -0.139. The van der Waals surface area contributed by atoms with Gasteiger partial charge < -0.3 is 15.2 Å². The molecule has 0 aliphatic carbocycles. The average Bonchev–Trinajstić information content (AvgIpc) is 2.70. The Bertz CT molecular complexity index is 407. The van der Waals surface area contributed by atoms with E-state index in [2.05, 4.69) is 21.2 Å². The van der Waals surface area contributed by atoms with Gasteiger partial charge in [0.2, 0.25) is 0 Å². The molecule has 1 aromatic rings. The first-order chi connectivity index (χ1) is 8.04. The van der Waals surface area contributed by atoms with Crippen molar-refractivity contribution in [2.24, 2.45) is 0 Å². The zero-order valence-corrected chi connectivity index (χ0v) is 11.5. The average molecular weight is 322 g/mol. The molecule has 5 nitrogen and oxygen atoms in total. The van der Waals surface area contributed by atoms with E-state index in [0.717, 1.165) is 4.47 Å². The number of carboxylic acids is 1. The van der Waals surface area contributed by atoms with Crippen molar-refractivity contribution in [3.8, 4) is 0 Å². The molecule has 7 heteroatoms. The number of carboxylic acid groups (broad SMARTS) is 1. The van der Waals surface area contributed by atoms with Crippen molar-refractivity contribution in [3.63, 3.8) is 0 Å². The van der Waals surface area contributed by atoms with Crippen LogP contribution in [0.25, 0.3) is 0 Å². The van der Waals surface area contributed by atoms with Crippen molar-refractivity contribution in [2.75, 3.05) is 13.7 Å². The van der Waals surface area contributed by atoms with Gasteiger partial charge in [0.05, 0.1) is 4.88 Å². The Labute approximate surface area is 111 Å². The highest BCUT2D eigenvalue weighted by Gasteiger charge is 2.20. The number of nitrogens with one attached hydrogen (secondary N) is 1. The molecule has 94 valence electrons. The molecular weight excluding hydrogens is 310 g/mol. The second-order valence-electron chi connectivity index (χ2n) is 3.27. The van der Waals surface area contributed by atoms with E-state index < -0.39 is 12.0 Å². The molecule has 0 fully saturated rings. The van der Waals surface area contributed by atoms with Crippen LogP contribution in [0.15, 0.2) is 15.9 Å². The zero-order chi connectivity index (χ0) is 12.8. The van der Waals surface area contributed by atoms with Gasteiger partial charge in [-0.25, -0.2) is 4.79 Å². The van der Waals surface area contributed by atoms with Crippen LogP contribution in [-0.4, -0.2) is 36.7 Å². The maximum absolute atomic E-state index is 11.7. The number of rotatable bonds is 6. The van der Waals surface area contributed by atoms with E-state index in [9.17, 15) is 9.59 Å². The predicted octanol–water partition coefficient (Wildman–Crippen LogP) is 1.73. The number of halogens is 1. The summed E-state index contributed by atoms with van der Waals surface area (Å²) in [6.45, 7) is 0.283. The van der Waals surface area contributed by atoms with Gasteiger partial charge >= 0.3 is 5.97 Å². The first-order valence-corrected chi connectivity index (χ1v) is 6.48. The molecule has 0 aliphatic rings. The third-order valence-electron chi connectivity index (χ3n) is 2.01. The summed E-state index contributed by atoms with van der Waals surface area (Å²) in [4.78, 5) is 23.1. The molecule has 17 heavy (non-hydrogen) atoms. The van der Waals surface area contributed by atoms with Crippen LogP contribution in [0, 0.1) is 0 Å². The minimum atomic E-state index is -1.06. The molecule has 1 unspecified atom stereocenters. The summed E-state index contributed by atoms with van der Waals surface area (Å²) in [5.41, 5.74) is 0. The van der Waals surface area contributed by atoms with Gasteiger partial charge in [0, 0.05) is 30.0 Å². The minimum Gasteiger partial charge on any atom is -0.480 e. The highest BCUT2D eigenvalue weighted by molar-refractivity contribution is 9.10. The third-order valence-corrected chi connectivity index (χ3v) is 3.70. The largest absolute Gasteiger partial charge is 0.480 e. The number of methoxy groups -OCH3 is 1. The molecule has 0 saturated heterocycles. The molecule has 0 spiro atoms. The zero-order valence-electron chi connectivity index (χ0n) is 9.10. The van der Waals surface area contributed by atoms with E-state index >= 15 is 0 Å². The van der Waals surface area contributed by atoms with Gasteiger partial charge in [-0.05, 0) is 22.0 Å². The Morgan fingerprint density at radius 3 is 2.82 bits per heavy atom. The molecule has 1 amide bonds. The van der Waals surface area contributed by atoms with Crippen molar-refractivity contribution in [1.82, 2.24) is 5.32 Å². The molecule has 0 radical (unpaired) electrons. The Hall–Kier alpha value is -0.920. The number of carbonyl (C=O) groups is 2. The number of hydrogen-bond acceptors (Lipinski definition) is 4. The van der Waals surface area contributed by atoms with E-state index in [-0.39, 0.29) is 18.9 Å². The van der Waals surface area contributed by atoms with E-state index in [1.54, 1.807) is 11.4 Å². The van der Waals surface area contributed by atoms with Crippen LogP contribution in [0.2, 0.25) is 0 Å². The maximum atomic E-state index is 11.7. The first-order valence-electron chi connectivity index (χ1n) is 4.81. The fraction of sp³-hybridized carbons (Fsp3) is 0.400. The van der Waals surface area contributed by atoms with Crippen molar-refractivity contribution >= 4 is 39.1 Å².